The summed E-state index contributed by atoms with van der Waals surface area (Å²) in [6, 6.07) is 3.38. The molecule has 88 valence electrons. The lowest BCUT2D eigenvalue weighted by molar-refractivity contribution is 0.111. The zero-order chi connectivity index (χ0) is 12.1. The number of nitrogens with zero attached hydrogens (tertiary/aromatic N) is 1. The lowest BCUT2D eigenvalue weighted by atomic mass is 10.1. The van der Waals surface area contributed by atoms with Crippen molar-refractivity contribution in [3.05, 3.63) is 48.0 Å². The maximum absolute atomic E-state index is 10.6. The van der Waals surface area contributed by atoms with Crippen LogP contribution < -0.4 is 4.74 Å². The van der Waals surface area contributed by atoms with Gasteiger partial charge in [0.15, 0.2) is 6.29 Å². The molecule has 0 saturated heterocycles. The van der Waals surface area contributed by atoms with Crippen LogP contribution >= 0.6 is 0 Å². The number of hydrogen-bond donors (Lipinski definition) is 0. The fraction of sp³-hybridized carbons (Fsp3) is 0.286. The van der Waals surface area contributed by atoms with Gasteiger partial charge in [-0.3, -0.25) is 9.78 Å². The second kappa shape index (κ2) is 5.43. The van der Waals surface area contributed by atoms with Gasteiger partial charge in [0.05, 0.1) is 0 Å². The number of carbonyl (C=O) groups is 1. The Morgan fingerprint density at radius 3 is 3.24 bits per heavy atom. The molecule has 1 unspecified atom stereocenters. The molecule has 0 radical (unpaired) electrons. The van der Waals surface area contributed by atoms with Crippen molar-refractivity contribution >= 4 is 6.29 Å². The van der Waals surface area contributed by atoms with E-state index in [9.17, 15) is 4.79 Å². The molecule has 0 N–H and O–H groups in total. The van der Waals surface area contributed by atoms with Gasteiger partial charge in [-0.2, -0.15) is 0 Å². The molecule has 1 atom stereocenters. The Morgan fingerprint density at radius 2 is 2.41 bits per heavy atom. The van der Waals surface area contributed by atoms with Crippen molar-refractivity contribution in [2.75, 3.05) is 0 Å². The van der Waals surface area contributed by atoms with Gasteiger partial charge in [-0.1, -0.05) is 13.0 Å². The highest BCUT2D eigenvalue weighted by Gasteiger charge is 2.06. The monoisotopic (exact) mass is 229 g/mol. The summed E-state index contributed by atoms with van der Waals surface area (Å²) in [6.07, 6.45) is 10.7. The van der Waals surface area contributed by atoms with Gasteiger partial charge in [-0.15, -0.1) is 0 Å². The zero-order valence-corrected chi connectivity index (χ0v) is 9.80. The number of pyridine rings is 1. The van der Waals surface area contributed by atoms with Crippen LogP contribution in [0.1, 0.15) is 30.3 Å². The summed E-state index contributed by atoms with van der Waals surface area (Å²) in [5.41, 5.74) is 0.383. The van der Waals surface area contributed by atoms with Crippen LogP contribution in [0.4, 0.5) is 0 Å². The molecule has 0 bridgehead atoms. The normalized spacial score (nSPS) is 19.4. The summed E-state index contributed by atoms with van der Waals surface area (Å²) in [6.45, 7) is 2.17. The van der Waals surface area contributed by atoms with Crippen LogP contribution in [0.5, 0.6) is 5.75 Å². The average Bonchev–Trinajstić information content (AvgIpc) is 2.54. The van der Waals surface area contributed by atoms with Crippen LogP contribution in [0.25, 0.3) is 0 Å². The smallest absolute Gasteiger partial charge is 0.168 e. The third kappa shape index (κ3) is 3.28. The highest BCUT2D eigenvalue weighted by Crippen LogP contribution is 2.20. The van der Waals surface area contributed by atoms with Gasteiger partial charge >= 0.3 is 0 Å². The van der Waals surface area contributed by atoms with Crippen LogP contribution in [0, 0.1) is 5.92 Å². The first kappa shape index (κ1) is 11.6. The van der Waals surface area contributed by atoms with Crippen molar-refractivity contribution in [3.63, 3.8) is 0 Å². The first-order valence-electron chi connectivity index (χ1n) is 5.75. The molecule has 2 rings (SSSR count). The van der Waals surface area contributed by atoms with E-state index >= 15 is 0 Å². The molecule has 1 aliphatic rings. The topological polar surface area (TPSA) is 39.2 Å². The van der Waals surface area contributed by atoms with Crippen molar-refractivity contribution in [2.45, 2.75) is 19.8 Å². The van der Waals surface area contributed by atoms with Gasteiger partial charge in [-0.05, 0) is 37.0 Å². The zero-order valence-electron chi connectivity index (χ0n) is 9.80. The minimum absolute atomic E-state index is 0.383. The van der Waals surface area contributed by atoms with Gasteiger partial charge in [-0.25, -0.2) is 0 Å². The predicted octanol–water partition coefficient (Wildman–Crippen LogP) is 3.14. The largest absolute Gasteiger partial charge is 0.458 e. The quantitative estimate of drug-likeness (QED) is 0.747. The van der Waals surface area contributed by atoms with Crippen molar-refractivity contribution in [3.8, 4) is 5.75 Å². The molecule has 0 spiro atoms. The molecule has 1 aromatic rings. The predicted molar refractivity (Wildman–Crippen MR) is 65.9 cm³/mol. The fourth-order valence-corrected chi connectivity index (χ4v) is 1.74. The SMILES string of the molecule is CC1C=C(Oc2ccnc(C=O)c2)C=CCC1. The van der Waals surface area contributed by atoms with E-state index in [0.29, 0.717) is 23.6 Å². The third-order valence-corrected chi connectivity index (χ3v) is 2.63. The number of allylic oxidation sites excluding steroid dienone is 3. The van der Waals surface area contributed by atoms with Crippen molar-refractivity contribution < 1.29 is 9.53 Å². The highest BCUT2D eigenvalue weighted by atomic mass is 16.5. The van der Waals surface area contributed by atoms with Crippen LogP contribution in [0.15, 0.2) is 42.3 Å². The molecule has 0 aromatic carbocycles. The van der Waals surface area contributed by atoms with E-state index in [0.717, 1.165) is 18.6 Å². The molecule has 3 nitrogen and oxygen atoms in total. The van der Waals surface area contributed by atoms with Crippen LogP contribution in [0.3, 0.4) is 0 Å². The first-order valence-corrected chi connectivity index (χ1v) is 5.75. The first-order chi connectivity index (χ1) is 8.28. The number of carbonyl (C=O) groups excluding carboxylic acids is 1. The molecule has 1 heterocycles. The van der Waals surface area contributed by atoms with E-state index in [2.05, 4.69) is 24.1 Å². The number of aldehydes is 1. The van der Waals surface area contributed by atoms with E-state index in [-0.39, 0.29) is 0 Å². The molecule has 0 amide bonds. The molecule has 17 heavy (non-hydrogen) atoms. The van der Waals surface area contributed by atoms with Crippen LogP contribution in [-0.2, 0) is 0 Å². The maximum Gasteiger partial charge on any atom is 0.168 e. The maximum atomic E-state index is 10.6. The number of rotatable bonds is 3. The van der Waals surface area contributed by atoms with E-state index < -0.39 is 0 Å². The second-order valence-corrected chi connectivity index (χ2v) is 4.16. The number of ether oxygens (including phenoxy) is 1. The summed E-state index contributed by atoms with van der Waals surface area (Å²) in [5, 5.41) is 0. The highest BCUT2D eigenvalue weighted by molar-refractivity contribution is 5.72. The van der Waals surface area contributed by atoms with Crippen LogP contribution in [-0.4, -0.2) is 11.3 Å². The Morgan fingerprint density at radius 1 is 1.53 bits per heavy atom. The van der Waals surface area contributed by atoms with E-state index in [1.54, 1.807) is 18.3 Å². The number of hydrogen-bond acceptors (Lipinski definition) is 3. The van der Waals surface area contributed by atoms with Gasteiger partial charge in [0.1, 0.15) is 17.2 Å². The summed E-state index contributed by atoms with van der Waals surface area (Å²) < 4.78 is 5.72. The lowest BCUT2D eigenvalue weighted by Crippen LogP contribution is -1.96. The molecular formula is C14H15NO2. The molecule has 1 aromatic heterocycles. The summed E-state index contributed by atoms with van der Waals surface area (Å²) >= 11 is 0. The Hall–Kier alpha value is -1.90. The van der Waals surface area contributed by atoms with Gasteiger partial charge in [0, 0.05) is 12.3 Å². The van der Waals surface area contributed by atoms with Crippen LogP contribution in [0.2, 0.25) is 0 Å². The Bertz CT molecular complexity index is 463. The molecule has 0 fully saturated rings. The molecule has 1 aliphatic carbocycles. The van der Waals surface area contributed by atoms with Crippen molar-refractivity contribution in [1.29, 1.82) is 0 Å². The molecule has 0 aliphatic heterocycles. The minimum Gasteiger partial charge on any atom is -0.458 e. The van der Waals surface area contributed by atoms with Crippen molar-refractivity contribution in [1.82, 2.24) is 4.98 Å². The van der Waals surface area contributed by atoms with E-state index in [4.69, 9.17) is 4.74 Å². The van der Waals surface area contributed by atoms with Gasteiger partial charge in [0.25, 0.3) is 0 Å². The average molecular weight is 229 g/mol. The number of aromatic nitrogens is 1. The Balaban J connectivity index is 2.16. The standard InChI is InChI=1S/C14H15NO2/c1-11-4-2-3-5-13(8-11)17-14-6-7-15-12(9-14)10-16/h3,5-11H,2,4H2,1H3. The van der Waals surface area contributed by atoms with E-state index in [1.165, 1.54) is 0 Å². The summed E-state index contributed by atoms with van der Waals surface area (Å²) in [5.74, 6) is 1.98. The fourth-order valence-electron chi connectivity index (χ4n) is 1.74. The molecule has 3 heteroatoms. The second-order valence-electron chi connectivity index (χ2n) is 4.16. The Labute approximate surface area is 101 Å². The van der Waals surface area contributed by atoms with Gasteiger partial charge in [0.2, 0.25) is 0 Å². The third-order valence-electron chi connectivity index (χ3n) is 2.63. The summed E-state index contributed by atoms with van der Waals surface area (Å²) in [4.78, 5) is 14.5. The van der Waals surface area contributed by atoms with Gasteiger partial charge < -0.3 is 4.74 Å². The van der Waals surface area contributed by atoms with Crippen molar-refractivity contribution in [2.24, 2.45) is 5.92 Å². The minimum atomic E-state index is 0.383. The Kier molecular flexibility index (Phi) is 3.70. The van der Waals surface area contributed by atoms with E-state index in [1.807, 2.05) is 6.08 Å². The molecular weight excluding hydrogens is 214 g/mol. The molecule has 0 saturated carbocycles. The summed E-state index contributed by atoms with van der Waals surface area (Å²) in [7, 11) is 0. The lowest BCUT2D eigenvalue weighted by Gasteiger charge is -2.07.